The van der Waals surface area contributed by atoms with Crippen LogP contribution in [0.5, 0.6) is 0 Å². The molecule has 1 aliphatic rings. The van der Waals surface area contributed by atoms with Gasteiger partial charge in [0.25, 0.3) is 0 Å². The Kier molecular flexibility index (Phi) is 4.39. The number of morpholine rings is 1. The number of carbonyl (C=O) groups is 1. The summed E-state index contributed by atoms with van der Waals surface area (Å²) in [6.07, 6.45) is 0. The van der Waals surface area contributed by atoms with E-state index < -0.39 is 0 Å². The van der Waals surface area contributed by atoms with E-state index in [4.69, 9.17) is 4.74 Å². The van der Waals surface area contributed by atoms with Crippen LogP contribution >= 0.6 is 11.8 Å². The molecule has 1 aliphatic heterocycles. The molecule has 1 aromatic heterocycles. The molecule has 0 bridgehead atoms. The van der Waals surface area contributed by atoms with Crippen molar-refractivity contribution < 1.29 is 9.53 Å². The summed E-state index contributed by atoms with van der Waals surface area (Å²) in [5.41, 5.74) is 0.953. The summed E-state index contributed by atoms with van der Waals surface area (Å²) in [5.74, 6) is 1.63. The van der Waals surface area contributed by atoms with E-state index in [1.54, 1.807) is 6.92 Å². The molecule has 0 saturated carbocycles. The second-order valence-electron chi connectivity index (χ2n) is 3.87. The topological polar surface area (TPSA) is 42.4 Å². The van der Waals surface area contributed by atoms with E-state index in [0.29, 0.717) is 5.75 Å². The van der Waals surface area contributed by atoms with Crippen molar-refractivity contribution in [3.63, 3.8) is 0 Å². The lowest BCUT2D eigenvalue weighted by Gasteiger charge is -2.28. The first-order valence-corrected chi connectivity index (χ1v) is 6.66. The Bertz CT molecular complexity index is 392. The lowest BCUT2D eigenvalue weighted by Crippen LogP contribution is -2.36. The van der Waals surface area contributed by atoms with Crippen LogP contribution in [0.3, 0.4) is 0 Å². The van der Waals surface area contributed by atoms with Crippen molar-refractivity contribution in [2.45, 2.75) is 12.7 Å². The molecule has 4 nitrogen and oxygen atoms in total. The number of rotatable bonds is 3. The van der Waals surface area contributed by atoms with Crippen LogP contribution in [0.1, 0.15) is 12.6 Å². The summed E-state index contributed by atoms with van der Waals surface area (Å²) in [5, 5.41) is 0.128. The van der Waals surface area contributed by atoms with Crippen LogP contribution < -0.4 is 4.90 Å². The molecule has 0 N–H and O–H groups in total. The van der Waals surface area contributed by atoms with Crippen molar-refractivity contribution in [1.82, 2.24) is 4.98 Å². The number of nitrogens with zero attached hydrogens (tertiary/aromatic N) is 2. The second-order valence-corrected chi connectivity index (χ2v) is 5.02. The molecule has 92 valence electrons. The summed E-state index contributed by atoms with van der Waals surface area (Å²) in [7, 11) is 0. The van der Waals surface area contributed by atoms with Crippen LogP contribution in [0.25, 0.3) is 0 Å². The van der Waals surface area contributed by atoms with Gasteiger partial charge in [-0.05, 0) is 12.1 Å². The zero-order chi connectivity index (χ0) is 12.1. The molecule has 2 rings (SSSR count). The maximum Gasteiger partial charge on any atom is 0.186 e. The van der Waals surface area contributed by atoms with Gasteiger partial charge in [0.05, 0.1) is 18.9 Å². The van der Waals surface area contributed by atoms with Crippen LogP contribution in [0.4, 0.5) is 5.82 Å². The predicted octanol–water partition coefficient (Wildman–Crippen LogP) is 1.70. The highest BCUT2D eigenvalue weighted by molar-refractivity contribution is 8.12. The number of pyridine rings is 1. The molecule has 0 amide bonds. The molecule has 5 heteroatoms. The number of carbonyl (C=O) groups excluding carboxylic acids is 1. The molecule has 1 saturated heterocycles. The van der Waals surface area contributed by atoms with E-state index in [1.165, 1.54) is 11.8 Å². The maximum absolute atomic E-state index is 10.9. The Labute approximate surface area is 105 Å². The van der Waals surface area contributed by atoms with E-state index in [2.05, 4.69) is 9.88 Å². The largest absolute Gasteiger partial charge is 0.378 e. The minimum absolute atomic E-state index is 0.128. The highest BCUT2D eigenvalue weighted by Gasteiger charge is 2.12. The fraction of sp³-hybridized carbons (Fsp3) is 0.500. The lowest BCUT2D eigenvalue weighted by atomic mass is 10.3. The standard InChI is InChI=1S/C12H16N2O2S/c1-10(15)17-9-11-3-2-4-12(13-11)14-5-7-16-8-6-14/h2-4H,5-9H2,1H3. The SMILES string of the molecule is CC(=O)SCc1cccc(N2CCOCC2)n1. The summed E-state index contributed by atoms with van der Waals surface area (Å²) >= 11 is 1.30. The van der Waals surface area contributed by atoms with Crippen molar-refractivity contribution in [1.29, 1.82) is 0 Å². The molecule has 0 spiro atoms. The number of hydrogen-bond donors (Lipinski definition) is 0. The third-order valence-corrected chi connectivity index (χ3v) is 3.40. The average Bonchev–Trinajstić information content (AvgIpc) is 2.38. The number of hydrogen-bond acceptors (Lipinski definition) is 5. The fourth-order valence-corrected chi connectivity index (χ4v) is 2.20. The van der Waals surface area contributed by atoms with Gasteiger partial charge >= 0.3 is 0 Å². The van der Waals surface area contributed by atoms with E-state index >= 15 is 0 Å². The molecular weight excluding hydrogens is 236 g/mol. The first-order chi connectivity index (χ1) is 8.25. The van der Waals surface area contributed by atoms with Gasteiger partial charge in [0.1, 0.15) is 5.82 Å². The van der Waals surface area contributed by atoms with Crippen molar-refractivity contribution >= 4 is 22.7 Å². The van der Waals surface area contributed by atoms with Crippen molar-refractivity contribution in [3.05, 3.63) is 23.9 Å². The molecule has 0 aliphatic carbocycles. The monoisotopic (exact) mass is 252 g/mol. The Morgan fingerprint density at radius 3 is 2.94 bits per heavy atom. The molecule has 1 fully saturated rings. The minimum atomic E-state index is 0.128. The normalized spacial score (nSPS) is 15.9. The lowest BCUT2D eigenvalue weighted by molar-refractivity contribution is -0.109. The first kappa shape index (κ1) is 12.4. The zero-order valence-corrected chi connectivity index (χ0v) is 10.7. The van der Waals surface area contributed by atoms with E-state index in [1.807, 2.05) is 18.2 Å². The van der Waals surface area contributed by atoms with Crippen molar-refractivity contribution in [2.75, 3.05) is 31.2 Å². The van der Waals surface area contributed by atoms with Crippen LogP contribution in [0, 0.1) is 0 Å². The summed E-state index contributed by atoms with van der Waals surface area (Å²) in [6, 6.07) is 5.96. The highest BCUT2D eigenvalue weighted by Crippen LogP contribution is 2.16. The Morgan fingerprint density at radius 1 is 1.47 bits per heavy atom. The van der Waals surface area contributed by atoms with E-state index in [-0.39, 0.29) is 5.12 Å². The van der Waals surface area contributed by atoms with Gasteiger partial charge < -0.3 is 9.64 Å². The summed E-state index contributed by atoms with van der Waals surface area (Å²) in [4.78, 5) is 17.7. The number of thioether (sulfide) groups is 1. The molecule has 0 radical (unpaired) electrons. The van der Waals surface area contributed by atoms with Gasteiger partial charge in [-0.3, -0.25) is 4.79 Å². The molecule has 17 heavy (non-hydrogen) atoms. The van der Waals surface area contributed by atoms with Gasteiger partial charge in [0.15, 0.2) is 5.12 Å². The molecule has 0 unspecified atom stereocenters. The minimum Gasteiger partial charge on any atom is -0.378 e. The van der Waals surface area contributed by atoms with Gasteiger partial charge in [0, 0.05) is 25.8 Å². The molecule has 2 heterocycles. The van der Waals surface area contributed by atoms with Gasteiger partial charge in [-0.25, -0.2) is 4.98 Å². The van der Waals surface area contributed by atoms with Crippen molar-refractivity contribution in [3.8, 4) is 0 Å². The van der Waals surface area contributed by atoms with Crippen molar-refractivity contribution in [2.24, 2.45) is 0 Å². The van der Waals surface area contributed by atoms with Crippen LogP contribution in [0.2, 0.25) is 0 Å². The number of anilines is 1. The Hall–Kier alpha value is -1.07. The van der Waals surface area contributed by atoms with Gasteiger partial charge in [-0.1, -0.05) is 17.8 Å². The number of ether oxygens (including phenoxy) is 1. The fourth-order valence-electron chi connectivity index (χ4n) is 1.69. The Balaban J connectivity index is 2.02. The summed E-state index contributed by atoms with van der Waals surface area (Å²) in [6.45, 7) is 4.87. The maximum atomic E-state index is 10.9. The third kappa shape index (κ3) is 3.71. The van der Waals surface area contributed by atoms with E-state index in [9.17, 15) is 4.79 Å². The molecule has 1 aromatic rings. The Morgan fingerprint density at radius 2 is 2.24 bits per heavy atom. The van der Waals surface area contributed by atoms with Crippen LogP contribution in [-0.2, 0) is 15.3 Å². The van der Waals surface area contributed by atoms with Gasteiger partial charge in [-0.15, -0.1) is 0 Å². The zero-order valence-electron chi connectivity index (χ0n) is 9.89. The smallest absolute Gasteiger partial charge is 0.186 e. The van der Waals surface area contributed by atoms with Crippen LogP contribution in [-0.4, -0.2) is 36.4 Å². The van der Waals surface area contributed by atoms with Gasteiger partial charge in [-0.2, -0.15) is 0 Å². The molecular formula is C12H16N2O2S. The molecule has 0 atom stereocenters. The van der Waals surface area contributed by atoms with E-state index in [0.717, 1.165) is 37.8 Å². The van der Waals surface area contributed by atoms with Crippen LogP contribution in [0.15, 0.2) is 18.2 Å². The quantitative estimate of drug-likeness (QED) is 0.819. The number of aromatic nitrogens is 1. The third-order valence-electron chi connectivity index (χ3n) is 2.55. The summed E-state index contributed by atoms with van der Waals surface area (Å²) < 4.78 is 5.31. The predicted molar refractivity (Wildman–Crippen MR) is 69.2 cm³/mol. The first-order valence-electron chi connectivity index (χ1n) is 5.68. The average molecular weight is 252 g/mol. The van der Waals surface area contributed by atoms with Gasteiger partial charge in [0.2, 0.25) is 0 Å². The highest BCUT2D eigenvalue weighted by atomic mass is 32.2. The second kappa shape index (κ2) is 6.02. The molecule has 0 aromatic carbocycles.